The van der Waals surface area contributed by atoms with Crippen molar-refractivity contribution in [3.63, 3.8) is 0 Å². The number of piperidine rings is 1. The van der Waals surface area contributed by atoms with Gasteiger partial charge >= 0.3 is 0 Å². The van der Waals surface area contributed by atoms with E-state index in [0.29, 0.717) is 19.5 Å². The maximum absolute atomic E-state index is 12.7. The average molecular weight is 394 g/mol. The van der Waals surface area contributed by atoms with Gasteiger partial charge in [0, 0.05) is 32.2 Å². The van der Waals surface area contributed by atoms with Crippen LogP contribution in [0.15, 0.2) is 24.3 Å². The lowest BCUT2D eigenvalue weighted by atomic mass is 9.98. The normalized spacial score (nSPS) is 22.8. The Kier molecular flexibility index (Phi) is 6.55. The quantitative estimate of drug-likeness (QED) is 0.799. The van der Waals surface area contributed by atoms with E-state index in [2.05, 4.69) is 41.4 Å². The first-order valence-electron chi connectivity index (χ1n) is 9.95. The summed E-state index contributed by atoms with van der Waals surface area (Å²) in [7, 11) is -3.36. The molecule has 0 aliphatic carbocycles. The van der Waals surface area contributed by atoms with E-state index in [9.17, 15) is 13.2 Å². The van der Waals surface area contributed by atoms with Crippen LogP contribution < -0.4 is 5.32 Å². The summed E-state index contributed by atoms with van der Waals surface area (Å²) < 4.78 is 25.4. The van der Waals surface area contributed by atoms with Crippen molar-refractivity contribution < 1.29 is 13.2 Å². The first-order valence-corrected chi connectivity index (χ1v) is 11.8. The zero-order chi connectivity index (χ0) is 19.4. The van der Waals surface area contributed by atoms with Gasteiger partial charge in [0.2, 0.25) is 15.9 Å². The van der Waals surface area contributed by atoms with Crippen molar-refractivity contribution in [2.75, 3.05) is 25.9 Å². The number of sulfonamides is 1. The first-order chi connectivity index (χ1) is 12.9. The molecule has 6 nitrogen and oxygen atoms in total. The van der Waals surface area contributed by atoms with Crippen LogP contribution in [0, 0.1) is 0 Å². The fraction of sp³-hybridized carbons (Fsp3) is 0.650. The van der Waals surface area contributed by atoms with E-state index in [1.54, 1.807) is 0 Å². The second-order valence-electron chi connectivity index (χ2n) is 7.68. The second-order valence-corrected chi connectivity index (χ2v) is 9.62. The standard InChI is InChI=1S/C20H31N3O3S/c1-3-18(22-13-11-16-8-4-5-9-17(16)15-22)14-21-20(24)19-10-6-7-12-23(19)27(2,25)26/h4-5,8-9,18-19H,3,6-7,10-15H2,1-2H3,(H,21,24)/t18-,19+/m0/s1. The van der Waals surface area contributed by atoms with Crippen LogP contribution in [-0.4, -0.2) is 61.5 Å². The summed E-state index contributed by atoms with van der Waals surface area (Å²) in [5, 5.41) is 3.04. The van der Waals surface area contributed by atoms with E-state index in [1.807, 2.05) is 0 Å². The SMILES string of the molecule is CC[C@@H](CNC(=O)[C@H]1CCCCN1S(C)(=O)=O)N1CCc2ccccc2C1. The molecular formula is C20H31N3O3S. The number of hydrogen-bond acceptors (Lipinski definition) is 4. The Morgan fingerprint density at radius 2 is 1.96 bits per heavy atom. The van der Waals surface area contributed by atoms with E-state index >= 15 is 0 Å². The van der Waals surface area contributed by atoms with Gasteiger partial charge in [-0.25, -0.2) is 8.42 Å². The largest absolute Gasteiger partial charge is 0.353 e. The first kappa shape index (κ1) is 20.3. The van der Waals surface area contributed by atoms with Gasteiger partial charge in [-0.05, 0) is 36.8 Å². The number of carbonyl (C=O) groups excluding carboxylic acids is 1. The van der Waals surface area contributed by atoms with Crippen molar-refractivity contribution in [3.8, 4) is 0 Å². The number of nitrogens with zero attached hydrogens (tertiary/aromatic N) is 2. The Bertz CT molecular complexity index is 765. The molecule has 2 aliphatic heterocycles. The molecule has 27 heavy (non-hydrogen) atoms. The van der Waals surface area contributed by atoms with Crippen LogP contribution in [0.25, 0.3) is 0 Å². The highest BCUT2D eigenvalue weighted by molar-refractivity contribution is 7.88. The molecule has 2 atom stereocenters. The predicted molar refractivity (Wildman–Crippen MR) is 107 cm³/mol. The maximum Gasteiger partial charge on any atom is 0.238 e. The van der Waals surface area contributed by atoms with Crippen LogP contribution in [0.5, 0.6) is 0 Å². The molecule has 2 aliphatic rings. The van der Waals surface area contributed by atoms with Gasteiger partial charge in [-0.2, -0.15) is 4.31 Å². The molecule has 0 aromatic heterocycles. The molecule has 2 heterocycles. The van der Waals surface area contributed by atoms with Crippen LogP contribution in [0.4, 0.5) is 0 Å². The predicted octanol–water partition coefficient (Wildman–Crippen LogP) is 1.75. The molecule has 3 rings (SSSR count). The van der Waals surface area contributed by atoms with Crippen molar-refractivity contribution in [3.05, 3.63) is 35.4 Å². The number of nitrogens with one attached hydrogen (secondary N) is 1. The highest BCUT2D eigenvalue weighted by Crippen LogP contribution is 2.22. The molecule has 1 fully saturated rings. The minimum Gasteiger partial charge on any atom is -0.353 e. The Balaban J connectivity index is 1.60. The number of fused-ring (bicyclic) bond motifs is 1. The summed E-state index contributed by atoms with van der Waals surface area (Å²) in [5.41, 5.74) is 2.78. The van der Waals surface area contributed by atoms with Gasteiger partial charge in [0.1, 0.15) is 6.04 Å². The van der Waals surface area contributed by atoms with E-state index < -0.39 is 16.1 Å². The van der Waals surface area contributed by atoms with Crippen LogP contribution in [0.2, 0.25) is 0 Å². The van der Waals surface area contributed by atoms with Crippen LogP contribution in [0.1, 0.15) is 43.7 Å². The number of amides is 1. The third-order valence-electron chi connectivity index (χ3n) is 5.84. The van der Waals surface area contributed by atoms with Crippen molar-refractivity contribution in [1.29, 1.82) is 0 Å². The molecule has 7 heteroatoms. The average Bonchev–Trinajstić information content (AvgIpc) is 2.67. The maximum atomic E-state index is 12.7. The molecule has 150 valence electrons. The molecule has 1 saturated heterocycles. The summed E-state index contributed by atoms with van der Waals surface area (Å²) in [5.74, 6) is -0.156. The summed E-state index contributed by atoms with van der Waals surface area (Å²) in [6, 6.07) is 8.24. The van der Waals surface area contributed by atoms with E-state index in [4.69, 9.17) is 0 Å². The molecule has 0 unspecified atom stereocenters. The molecule has 1 N–H and O–H groups in total. The van der Waals surface area contributed by atoms with Gasteiger partial charge in [-0.15, -0.1) is 0 Å². The number of hydrogen-bond donors (Lipinski definition) is 1. The number of carbonyl (C=O) groups is 1. The third kappa shape index (κ3) is 4.89. The van der Waals surface area contributed by atoms with Crippen LogP contribution in [0.3, 0.4) is 0 Å². The molecule has 1 aromatic rings. The highest BCUT2D eigenvalue weighted by atomic mass is 32.2. The summed E-state index contributed by atoms with van der Waals surface area (Å²) >= 11 is 0. The number of rotatable bonds is 6. The van der Waals surface area contributed by atoms with Crippen molar-refractivity contribution in [2.24, 2.45) is 0 Å². The Morgan fingerprint density at radius 3 is 2.67 bits per heavy atom. The van der Waals surface area contributed by atoms with Crippen molar-refractivity contribution in [2.45, 2.75) is 57.7 Å². The Labute approximate surface area is 163 Å². The third-order valence-corrected chi connectivity index (χ3v) is 7.13. The summed E-state index contributed by atoms with van der Waals surface area (Å²) in [4.78, 5) is 15.1. The van der Waals surface area contributed by atoms with E-state index in [1.165, 1.54) is 21.7 Å². The summed E-state index contributed by atoms with van der Waals surface area (Å²) in [6.07, 6.45) is 5.49. The van der Waals surface area contributed by atoms with E-state index in [-0.39, 0.29) is 11.9 Å². The minimum atomic E-state index is -3.36. The van der Waals surface area contributed by atoms with Crippen molar-refractivity contribution in [1.82, 2.24) is 14.5 Å². The zero-order valence-corrected chi connectivity index (χ0v) is 17.2. The Morgan fingerprint density at radius 1 is 1.22 bits per heavy atom. The monoisotopic (exact) mass is 393 g/mol. The van der Waals surface area contributed by atoms with Gasteiger partial charge in [-0.3, -0.25) is 9.69 Å². The lowest BCUT2D eigenvalue weighted by Gasteiger charge is -2.36. The topological polar surface area (TPSA) is 69.7 Å². The smallest absolute Gasteiger partial charge is 0.238 e. The fourth-order valence-electron chi connectivity index (χ4n) is 4.26. The molecule has 0 saturated carbocycles. The molecule has 0 spiro atoms. The number of benzene rings is 1. The highest BCUT2D eigenvalue weighted by Gasteiger charge is 2.34. The molecule has 0 bridgehead atoms. The second kappa shape index (κ2) is 8.71. The molecule has 0 radical (unpaired) electrons. The van der Waals surface area contributed by atoms with E-state index in [0.717, 1.165) is 38.8 Å². The van der Waals surface area contributed by atoms with Crippen molar-refractivity contribution >= 4 is 15.9 Å². The molecular weight excluding hydrogens is 362 g/mol. The Hall–Kier alpha value is -1.44. The fourth-order valence-corrected chi connectivity index (χ4v) is 5.39. The lowest BCUT2D eigenvalue weighted by molar-refractivity contribution is -0.126. The van der Waals surface area contributed by atoms with Crippen LogP contribution in [-0.2, 0) is 27.8 Å². The van der Waals surface area contributed by atoms with Gasteiger partial charge in [0.05, 0.1) is 6.26 Å². The van der Waals surface area contributed by atoms with Gasteiger partial charge in [-0.1, -0.05) is 37.6 Å². The lowest BCUT2D eigenvalue weighted by Crippen LogP contribution is -2.54. The minimum absolute atomic E-state index is 0.156. The zero-order valence-electron chi connectivity index (χ0n) is 16.4. The van der Waals surface area contributed by atoms with Gasteiger partial charge < -0.3 is 5.32 Å². The summed E-state index contributed by atoms with van der Waals surface area (Å²) in [6.45, 7) is 5.04. The molecule has 1 amide bonds. The van der Waals surface area contributed by atoms with Gasteiger partial charge in [0.25, 0.3) is 0 Å². The van der Waals surface area contributed by atoms with Crippen LogP contribution >= 0.6 is 0 Å². The molecule has 1 aromatic carbocycles. The van der Waals surface area contributed by atoms with Gasteiger partial charge in [0.15, 0.2) is 0 Å².